The molecule has 1 amide bonds. The van der Waals surface area contributed by atoms with Crippen LogP contribution in [-0.2, 0) is 11.3 Å². The summed E-state index contributed by atoms with van der Waals surface area (Å²) in [7, 11) is 5.21. The van der Waals surface area contributed by atoms with Gasteiger partial charge in [0.05, 0.1) is 6.54 Å². The van der Waals surface area contributed by atoms with Gasteiger partial charge in [0.2, 0.25) is 5.91 Å². The molecule has 0 fully saturated rings. The van der Waals surface area contributed by atoms with Crippen molar-refractivity contribution in [3.05, 3.63) is 35.6 Å². The van der Waals surface area contributed by atoms with E-state index in [0.29, 0.717) is 18.7 Å². The van der Waals surface area contributed by atoms with Gasteiger partial charge in [0.1, 0.15) is 5.82 Å². The third-order valence-electron chi connectivity index (χ3n) is 2.30. The number of benzene rings is 1. The Labute approximate surface area is 95.5 Å². The molecule has 0 bridgehead atoms. The molecule has 0 radical (unpaired) electrons. The number of hydrogen-bond acceptors (Lipinski definition) is 2. The first-order chi connectivity index (χ1) is 7.50. The Morgan fingerprint density at radius 2 is 1.88 bits per heavy atom. The lowest BCUT2D eigenvalue weighted by Gasteiger charge is -2.19. The highest BCUT2D eigenvalue weighted by Crippen LogP contribution is 2.08. The normalized spacial score (nSPS) is 10.6. The van der Waals surface area contributed by atoms with E-state index < -0.39 is 0 Å². The SMILES string of the molecule is CN(CC(=O)N(C)C)Cc1ccccc1F. The number of amides is 1. The molecule has 16 heavy (non-hydrogen) atoms. The first-order valence-corrected chi connectivity index (χ1v) is 5.13. The highest BCUT2D eigenvalue weighted by Gasteiger charge is 2.10. The predicted molar refractivity (Wildman–Crippen MR) is 61.4 cm³/mol. The van der Waals surface area contributed by atoms with E-state index in [1.165, 1.54) is 11.0 Å². The fourth-order valence-electron chi connectivity index (χ4n) is 1.35. The fourth-order valence-corrected chi connectivity index (χ4v) is 1.35. The van der Waals surface area contributed by atoms with Crippen molar-refractivity contribution in [3.63, 3.8) is 0 Å². The third-order valence-corrected chi connectivity index (χ3v) is 2.30. The molecule has 0 atom stereocenters. The Hall–Kier alpha value is -1.42. The summed E-state index contributed by atoms with van der Waals surface area (Å²) in [6.45, 7) is 0.730. The first kappa shape index (κ1) is 12.6. The van der Waals surface area contributed by atoms with E-state index in [4.69, 9.17) is 0 Å². The molecule has 3 nitrogen and oxygen atoms in total. The molecule has 0 aromatic heterocycles. The van der Waals surface area contributed by atoms with Gasteiger partial charge in [-0.05, 0) is 13.1 Å². The van der Waals surface area contributed by atoms with Crippen molar-refractivity contribution >= 4 is 5.91 Å². The number of likely N-dealkylation sites (N-methyl/N-ethyl adjacent to an activating group) is 2. The molecule has 0 N–H and O–H groups in total. The molecule has 0 saturated carbocycles. The molecule has 0 unspecified atom stereocenters. The van der Waals surface area contributed by atoms with E-state index in [0.717, 1.165) is 0 Å². The highest BCUT2D eigenvalue weighted by molar-refractivity contribution is 5.77. The maximum absolute atomic E-state index is 13.3. The summed E-state index contributed by atoms with van der Waals surface area (Å²) >= 11 is 0. The van der Waals surface area contributed by atoms with Crippen LogP contribution in [0, 0.1) is 5.82 Å². The maximum atomic E-state index is 13.3. The van der Waals surface area contributed by atoms with Gasteiger partial charge in [0.25, 0.3) is 0 Å². The van der Waals surface area contributed by atoms with Crippen LogP contribution in [0.5, 0.6) is 0 Å². The van der Waals surface area contributed by atoms with Crippen LogP contribution in [0.1, 0.15) is 5.56 Å². The summed E-state index contributed by atoms with van der Waals surface area (Å²) in [5.74, 6) is -0.217. The summed E-state index contributed by atoms with van der Waals surface area (Å²) in [5.41, 5.74) is 0.608. The lowest BCUT2D eigenvalue weighted by atomic mass is 10.2. The topological polar surface area (TPSA) is 23.6 Å². The first-order valence-electron chi connectivity index (χ1n) is 5.13. The maximum Gasteiger partial charge on any atom is 0.236 e. The van der Waals surface area contributed by atoms with Gasteiger partial charge in [-0.1, -0.05) is 18.2 Å². The molecule has 4 heteroatoms. The van der Waals surface area contributed by atoms with Gasteiger partial charge < -0.3 is 4.90 Å². The molecule has 0 spiro atoms. The molecule has 1 aromatic rings. The van der Waals surface area contributed by atoms with E-state index in [1.54, 1.807) is 44.2 Å². The van der Waals surface area contributed by atoms with Gasteiger partial charge >= 0.3 is 0 Å². The highest BCUT2D eigenvalue weighted by atomic mass is 19.1. The van der Waals surface area contributed by atoms with Crippen molar-refractivity contribution in [1.29, 1.82) is 0 Å². The zero-order valence-electron chi connectivity index (χ0n) is 9.90. The minimum atomic E-state index is -0.230. The fraction of sp³-hybridized carbons (Fsp3) is 0.417. The van der Waals surface area contributed by atoms with Gasteiger partial charge in [-0.2, -0.15) is 0 Å². The van der Waals surface area contributed by atoms with Crippen LogP contribution in [0.15, 0.2) is 24.3 Å². The van der Waals surface area contributed by atoms with Crippen LogP contribution >= 0.6 is 0 Å². The molecule has 0 saturated heterocycles. The van der Waals surface area contributed by atoms with Gasteiger partial charge in [-0.25, -0.2) is 4.39 Å². The number of rotatable bonds is 4. The van der Waals surface area contributed by atoms with Crippen molar-refractivity contribution in [2.45, 2.75) is 6.54 Å². The van der Waals surface area contributed by atoms with Crippen molar-refractivity contribution in [3.8, 4) is 0 Å². The molecule has 0 aliphatic heterocycles. The van der Waals surface area contributed by atoms with E-state index in [1.807, 2.05) is 0 Å². The van der Waals surface area contributed by atoms with Crippen LogP contribution in [-0.4, -0.2) is 43.4 Å². The van der Waals surface area contributed by atoms with E-state index in [2.05, 4.69) is 0 Å². The molecule has 1 rings (SSSR count). The summed E-state index contributed by atoms with van der Waals surface area (Å²) in [5, 5.41) is 0. The molecule has 88 valence electrons. The van der Waals surface area contributed by atoms with Crippen LogP contribution in [0.3, 0.4) is 0 Å². The monoisotopic (exact) mass is 224 g/mol. The zero-order chi connectivity index (χ0) is 12.1. The smallest absolute Gasteiger partial charge is 0.236 e. The van der Waals surface area contributed by atoms with Crippen LogP contribution in [0.25, 0.3) is 0 Å². The van der Waals surface area contributed by atoms with Gasteiger partial charge in [0, 0.05) is 26.2 Å². The largest absolute Gasteiger partial charge is 0.348 e. The number of carbonyl (C=O) groups is 1. The van der Waals surface area contributed by atoms with Crippen LogP contribution < -0.4 is 0 Å². The van der Waals surface area contributed by atoms with E-state index in [-0.39, 0.29) is 11.7 Å². The number of carbonyl (C=O) groups excluding carboxylic acids is 1. The summed E-state index contributed by atoms with van der Waals surface area (Å²) < 4.78 is 13.3. The van der Waals surface area contributed by atoms with E-state index in [9.17, 15) is 9.18 Å². The Bertz CT molecular complexity index is 366. The van der Waals surface area contributed by atoms with Crippen molar-refractivity contribution < 1.29 is 9.18 Å². The summed E-state index contributed by atoms with van der Waals surface area (Å²) in [6.07, 6.45) is 0. The Morgan fingerprint density at radius 1 is 1.25 bits per heavy atom. The van der Waals surface area contributed by atoms with Crippen LogP contribution in [0.4, 0.5) is 4.39 Å². The molecule has 1 aromatic carbocycles. The number of halogens is 1. The zero-order valence-corrected chi connectivity index (χ0v) is 9.90. The Morgan fingerprint density at radius 3 is 2.44 bits per heavy atom. The average molecular weight is 224 g/mol. The molecule has 0 heterocycles. The Kier molecular flexibility index (Phi) is 4.43. The van der Waals surface area contributed by atoms with E-state index >= 15 is 0 Å². The average Bonchev–Trinajstić information content (AvgIpc) is 2.21. The summed E-state index contributed by atoms with van der Waals surface area (Å²) in [4.78, 5) is 14.7. The Balaban J connectivity index is 2.55. The lowest BCUT2D eigenvalue weighted by molar-refractivity contribution is -0.129. The van der Waals surface area contributed by atoms with Crippen molar-refractivity contribution in [2.24, 2.45) is 0 Å². The van der Waals surface area contributed by atoms with Gasteiger partial charge in [-0.15, -0.1) is 0 Å². The lowest BCUT2D eigenvalue weighted by Crippen LogP contribution is -2.34. The molecular weight excluding hydrogens is 207 g/mol. The quantitative estimate of drug-likeness (QED) is 0.770. The third kappa shape index (κ3) is 3.62. The molecule has 0 aliphatic rings. The molecular formula is C12H17FN2O. The second-order valence-electron chi connectivity index (χ2n) is 4.05. The standard InChI is InChI=1S/C12H17FN2O/c1-14(2)12(16)9-15(3)8-10-6-4-5-7-11(10)13/h4-7H,8-9H2,1-3H3. The van der Waals surface area contributed by atoms with Gasteiger partial charge in [0.15, 0.2) is 0 Å². The number of nitrogens with zero attached hydrogens (tertiary/aromatic N) is 2. The number of hydrogen-bond donors (Lipinski definition) is 0. The second kappa shape index (κ2) is 5.61. The minimum Gasteiger partial charge on any atom is -0.348 e. The van der Waals surface area contributed by atoms with Crippen molar-refractivity contribution in [2.75, 3.05) is 27.7 Å². The predicted octanol–water partition coefficient (Wildman–Crippen LogP) is 1.35. The van der Waals surface area contributed by atoms with Crippen molar-refractivity contribution in [1.82, 2.24) is 9.80 Å². The molecule has 0 aliphatic carbocycles. The van der Waals surface area contributed by atoms with Crippen LogP contribution in [0.2, 0.25) is 0 Å². The second-order valence-corrected chi connectivity index (χ2v) is 4.05. The minimum absolute atomic E-state index is 0.0128. The van der Waals surface area contributed by atoms with Gasteiger partial charge in [-0.3, -0.25) is 9.69 Å². The summed E-state index contributed by atoms with van der Waals surface area (Å²) in [6, 6.07) is 6.60.